The Balaban J connectivity index is 4.03. The zero-order valence-corrected chi connectivity index (χ0v) is 50.6. The maximum Gasteiger partial charge on any atom is 0.306 e. The Morgan fingerprint density at radius 2 is 0.480 bits per heavy atom. The molecular formula is C69H128O6. The van der Waals surface area contributed by atoms with Crippen LogP contribution in [-0.2, 0) is 28.6 Å². The first-order valence-corrected chi connectivity index (χ1v) is 33.5. The molecule has 0 heterocycles. The van der Waals surface area contributed by atoms with Crippen LogP contribution >= 0.6 is 0 Å². The minimum Gasteiger partial charge on any atom is -0.462 e. The molecule has 0 aliphatic carbocycles. The van der Waals surface area contributed by atoms with Crippen LogP contribution in [0.15, 0.2) is 36.5 Å². The van der Waals surface area contributed by atoms with Crippen LogP contribution in [0.3, 0.4) is 0 Å². The van der Waals surface area contributed by atoms with E-state index in [1.807, 2.05) is 0 Å². The Bertz CT molecular complexity index is 1250. The van der Waals surface area contributed by atoms with Gasteiger partial charge in [0.05, 0.1) is 0 Å². The topological polar surface area (TPSA) is 78.9 Å². The van der Waals surface area contributed by atoms with Crippen molar-refractivity contribution < 1.29 is 28.6 Å². The Morgan fingerprint density at radius 3 is 0.747 bits per heavy atom. The monoisotopic (exact) mass is 1050 g/mol. The third-order valence-electron chi connectivity index (χ3n) is 15.1. The van der Waals surface area contributed by atoms with E-state index < -0.39 is 6.10 Å². The van der Waals surface area contributed by atoms with Crippen molar-refractivity contribution in [2.24, 2.45) is 0 Å². The van der Waals surface area contributed by atoms with Gasteiger partial charge in [-0.3, -0.25) is 14.4 Å². The number of esters is 3. The zero-order valence-electron chi connectivity index (χ0n) is 50.6. The fourth-order valence-electron chi connectivity index (χ4n) is 10.1. The summed E-state index contributed by atoms with van der Waals surface area (Å²) in [6.45, 7) is 6.67. The summed E-state index contributed by atoms with van der Waals surface area (Å²) in [5.41, 5.74) is 0. The Labute approximate surface area is 467 Å². The van der Waals surface area contributed by atoms with Gasteiger partial charge in [0.15, 0.2) is 6.10 Å². The maximum absolute atomic E-state index is 12.9. The molecule has 0 rings (SSSR count). The second kappa shape index (κ2) is 64.2. The molecule has 0 N–H and O–H groups in total. The van der Waals surface area contributed by atoms with Gasteiger partial charge in [-0.05, 0) is 57.8 Å². The molecule has 0 saturated heterocycles. The molecule has 75 heavy (non-hydrogen) atoms. The number of carbonyl (C=O) groups excluding carboxylic acids is 3. The number of carbonyl (C=O) groups is 3. The minimum atomic E-state index is -0.765. The highest BCUT2D eigenvalue weighted by Crippen LogP contribution is 2.18. The van der Waals surface area contributed by atoms with Gasteiger partial charge in [-0.25, -0.2) is 0 Å². The van der Waals surface area contributed by atoms with Crippen molar-refractivity contribution in [2.75, 3.05) is 13.2 Å². The van der Waals surface area contributed by atoms with Crippen molar-refractivity contribution in [2.45, 2.75) is 374 Å². The zero-order chi connectivity index (χ0) is 54.3. The van der Waals surface area contributed by atoms with Gasteiger partial charge in [-0.2, -0.15) is 0 Å². The third kappa shape index (κ3) is 62.4. The van der Waals surface area contributed by atoms with E-state index in [1.54, 1.807) is 0 Å². The van der Waals surface area contributed by atoms with E-state index in [4.69, 9.17) is 14.2 Å². The van der Waals surface area contributed by atoms with E-state index >= 15 is 0 Å². The van der Waals surface area contributed by atoms with E-state index in [2.05, 4.69) is 57.2 Å². The molecule has 0 aromatic carbocycles. The van der Waals surface area contributed by atoms with Gasteiger partial charge in [0, 0.05) is 19.3 Å². The van der Waals surface area contributed by atoms with Crippen LogP contribution < -0.4 is 0 Å². The highest BCUT2D eigenvalue weighted by molar-refractivity contribution is 5.71. The lowest BCUT2D eigenvalue weighted by atomic mass is 10.0. The summed E-state index contributed by atoms with van der Waals surface area (Å²) >= 11 is 0. The molecule has 1 atom stereocenters. The van der Waals surface area contributed by atoms with Gasteiger partial charge in [0.2, 0.25) is 0 Å². The first kappa shape index (κ1) is 72.6. The summed E-state index contributed by atoms with van der Waals surface area (Å²) in [6, 6.07) is 0. The number of rotatable bonds is 62. The van der Waals surface area contributed by atoms with E-state index in [1.165, 1.54) is 257 Å². The number of hydrogen-bond donors (Lipinski definition) is 0. The summed E-state index contributed by atoms with van der Waals surface area (Å²) in [7, 11) is 0. The third-order valence-corrected chi connectivity index (χ3v) is 15.1. The predicted octanol–water partition coefficient (Wildman–Crippen LogP) is 22.8. The van der Waals surface area contributed by atoms with Crippen molar-refractivity contribution in [3.05, 3.63) is 36.5 Å². The second-order valence-corrected chi connectivity index (χ2v) is 22.7. The van der Waals surface area contributed by atoms with Crippen LogP contribution in [0.1, 0.15) is 367 Å². The average Bonchev–Trinajstić information content (AvgIpc) is 3.41. The quantitative estimate of drug-likeness (QED) is 0.0261. The largest absolute Gasteiger partial charge is 0.462 e. The van der Waals surface area contributed by atoms with Crippen LogP contribution in [0.4, 0.5) is 0 Å². The number of ether oxygens (including phenoxy) is 3. The summed E-state index contributed by atoms with van der Waals surface area (Å²) in [4.78, 5) is 38.2. The first-order valence-electron chi connectivity index (χ1n) is 33.5. The predicted molar refractivity (Wildman–Crippen MR) is 326 cm³/mol. The van der Waals surface area contributed by atoms with E-state index in [-0.39, 0.29) is 31.1 Å². The van der Waals surface area contributed by atoms with Crippen LogP contribution in [0, 0.1) is 0 Å². The molecule has 0 saturated carbocycles. The lowest BCUT2D eigenvalue weighted by Gasteiger charge is -2.18. The van der Waals surface area contributed by atoms with Crippen LogP contribution in [0.25, 0.3) is 0 Å². The highest BCUT2D eigenvalue weighted by atomic mass is 16.6. The summed E-state index contributed by atoms with van der Waals surface area (Å²) in [5, 5.41) is 0. The second-order valence-electron chi connectivity index (χ2n) is 22.7. The molecule has 1 unspecified atom stereocenters. The standard InChI is InChI=1S/C69H128O6/c1-4-7-10-13-16-19-22-24-26-27-28-29-30-31-32-33-34-35-36-37-38-39-40-41-42-43-44-46-47-50-53-56-59-62-68(71)74-65-66(64-73-67(70)61-58-55-52-49-21-18-15-12-9-6-3)75-69(72)63-60-57-54-51-48-45-25-23-20-17-14-11-8-5-2/h22,24,27-28,30-31,66H,4-21,23,25-26,29,32-65H2,1-3H3/b24-22-,28-27-,31-30-. The Hall–Kier alpha value is -2.37. The SMILES string of the molecule is CCCCCCC/C=C\C/C=C\C/C=C\CCCCCCCCCCCCCCCCCCCCC(=O)OCC(COC(=O)CCCCCCCCCCCC)OC(=O)CCCCCCCCCCCCCCCC. The van der Waals surface area contributed by atoms with Gasteiger partial charge >= 0.3 is 17.9 Å². The number of hydrogen-bond acceptors (Lipinski definition) is 6. The molecule has 0 spiro atoms. The molecule has 0 aliphatic rings. The van der Waals surface area contributed by atoms with Crippen molar-refractivity contribution in [1.82, 2.24) is 0 Å². The maximum atomic E-state index is 12.9. The van der Waals surface area contributed by atoms with E-state index in [0.717, 1.165) is 70.6 Å². The Morgan fingerprint density at radius 1 is 0.267 bits per heavy atom. The van der Waals surface area contributed by atoms with Gasteiger partial charge < -0.3 is 14.2 Å². The first-order chi connectivity index (χ1) is 37.0. The molecule has 6 heteroatoms. The average molecular weight is 1050 g/mol. The smallest absolute Gasteiger partial charge is 0.306 e. The van der Waals surface area contributed by atoms with Gasteiger partial charge in [0.1, 0.15) is 13.2 Å². The number of unbranched alkanes of at least 4 members (excludes halogenated alkanes) is 45. The van der Waals surface area contributed by atoms with Gasteiger partial charge in [-0.15, -0.1) is 0 Å². The van der Waals surface area contributed by atoms with Crippen molar-refractivity contribution >= 4 is 17.9 Å². The molecule has 6 nitrogen and oxygen atoms in total. The molecule has 0 amide bonds. The lowest BCUT2D eigenvalue weighted by molar-refractivity contribution is -0.167. The highest BCUT2D eigenvalue weighted by Gasteiger charge is 2.19. The summed E-state index contributed by atoms with van der Waals surface area (Å²) in [5.74, 6) is -0.842. The molecule has 0 radical (unpaired) electrons. The van der Waals surface area contributed by atoms with Crippen molar-refractivity contribution in [3.8, 4) is 0 Å². The fourth-order valence-corrected chi connectivity index (χ4v) is 10.1. The van der Waals surface area contributed by atoms with Gasteiger partial charge in [0.25, 0.3) is 0 Å². The molecule has 0 aromatic heterocycles. The normalized spacial score (nSPS) is 12.2. The summed E-state index contributed by atoms with van der Waals surface area (Å²) in [6.07, 6.45) is 78.9. The van der Waals surface area contributed by atoms with Crippen molar-refractivity contribution in [1.29, 1.82) is 0 Å². The summed E-state index contributed by atoms with van der Waals surface area (Å²) < 4.78 is 16.9. The fraction of sp³-hybridized carbons (Fsp3) is 0.870. The Kier molecular flexibility index (Phi) is 62.1. The molecule has 0 aliphatic heterocycles. The minimum absolute atomic E-state index is 0.0650. The van der Waals surface area contributed by atoms with Crippen LogP contribution in [0.2, 0.25) is 0 Å². The van der Waals surface area contributed by atoms with Crippen molar-refractivity contribution in [3.63, 3.8) is 0 Å². The van der Waals surface area contributed by atoms with E-state index in [0.29, 0.717) is 19.3 Å². The molecular weight excluding hydrogens is 925 g/mol. The van der Waals surface area contributed by atoms with Crippen LogP contribution in [0.5, 0.6) is 0 Å². The molecule has 0 fully saturated rings. The molecule has 0 aromatic rings. The lowest BCUT2D eigenvalue weighted by Crippen LogP contribution is -2.30. The molecule has 0 bridgehead atoms. The number of allylic oxidation sites excluding steroid dienone is 6. The van der Waals surface area contributed by atoms with Gasteiger partial charge in [-0.1, -0.05) is 327 Å². The van der Waals surface area contributed by atoms with E-state index in [9.17, 15) is 14.4 Å². The van der Waals surface area contributed by atoms with Crippen LogP contribution in [-0.4, -0.2) is 37.2 Å². The molecule has 440 valence electrons.